The molecular formula is C9H9N6PSe. The van der Waals surface area contributed by atoms with Crippen molar-refractivity contribution in [2.75, 3.05) is 0 Å². The Morgan fingerprint density at radius 1 is 0.706 bits per heavy atom. The van der Waals surface area contributed by atoms with Gasteiger partial charge >= 0.3 is 105 Å². The first-order valence-electron chi connectivity index (χ1n) is 4.93. The van der Waals surface area contributed by atoms with Gasteiger partial charge in [0.25, 0.3) is 0 Å². The Balaban J connectivity index is 2.26. The van der Waals surface area contributed by atoms with E-state index in [4.69, 9.17) is 0 Å². The van der Waals surface area contributed by atoms with E-state index in [9.17, 15) is 0 Å². The van der Waals surface area contributed by atoms with Crippen molar-refractivity contribution >= 4 is 21.1 Å². The van der Waals surface area contributed by atoms with Gasteiger partial charge in [0.1, 0.15) is 0 Å². The van der Waals surface area contributed by atoms with E-state index in [-0.39, 0.29) is 0 Å². The van der Waals surface area contributed by atoms with Gasteiger partial charge in [-0.2, -0.15) is 0 Å². The number of hydrogen-bond donors (Lipinski definition) is 0. The van der Waals surface area contributed by atoms with Crippen molar-refractivity contribution in [2.24, 2.45) is 0 Å². The summed E-state index contributed by atoms with van der Waals surface area (Å²) in [5.41, 5.74) is 0. The third-order valence-corrected chi connectivity index (χ3v) is 7.74. The van der Waals surface area contributed by atoms with Crippen LogP contribution in [0, 0.1) is 0 Å². The molecule has 3 aromatic heterocycles. The van der Waals surface area contributed by atoms with Crippen molar-refractivity contribution in [3.63, 3.8) is 0 Å². The third kappa shape index (κ3) is 1.63. The van der Waals surface area contributed by atoms with Crippen LogP contribution in [0.3, 0.4) is 0 Å². The third-order valence-electron chi connectivity index (χ3n) is 2.27. The molecule has 0 unspecified atom stereocenters. The Labute approximate surface area is 105 Å². The van der Waals surface area contributed by atoms with Crippen molar-refractivity contribution in [3.8, 4) is 0 Å². The summed E-state index contributed by atoms with van der Waals surface area (Å²) in [5, 5.41) is 12.9. The molecule has 0 radical (unpaired) electrons. The average molecular weight is 311 g/mol. The van der Waals surface area contributed by atoms with Crippen LogP contribution in [0.1, 0.15) is 0 Å². The summed E-state index contributed by atoms with van der Waals surface area (Å²) in [6, 6.07) is 5.66. The van der Waals surface area contributed by atoms with E-state index < -0.39 is 5.96 Å². The Morgan fingerprint density at radius 3 is 1.29 bits per heavy atom. The molecule has 6 nitrogen and oxygen atoms in total. The first kappa shape index (κ1) is 10.7. The standard InChI is InChI=1S/C9H9N6PSe/c17-16(13-7-1-4-10-13,14-8-2-5-11-14)15-9-3-6-12-15/h1-9H. The van der Waals surface area contributed by atoms with Crippen LogP contribution >= 0.6 is 5.96 Å². The molecule has 3 aromatic rings. The van der Waals surface area contributed by atoms with Gasteiger partial charge in [0.05, 0.1) is 0 Å². The van der Waals surface area contributed by atoms with Gasteiger partial charge in [-0.3, -0.25) is 0 Å². The predicted molar refractivity (Wildman–Crippen MR) is 65.5 cm³/mol. The normalized spacial score (nSPS) is 11.8. The van der Waals surface area contributed by atoms with E-state index in [0.29, 0.717) is 0 Å². The van der Waals surface area contributed by atoms with E-state index >= 15 is 0 Å². The van der Waals surface area contributed by atoms with Crippen LogP contribution in [0.5, 0.6) is 0 Å². The van der Waals surface area contributed by atoms with Gasteiger partial charge in [-0.25, -0.2) is 0 Å². The van der Waals surface area contributed by atoms with Crippen molar-refractivity contribution < 1.29 is 0 Å². The molecule has 0 fully saturated rings. The Morgan fingerprint density at radius 2 is 1.06 bits per heavy atom. The number of hydrogen-bond acceptors (Lipinski definition) is 3. The molecule has 8 heteroatoms. The van der Waals surface area contributed by atoms with E-state index in [1.807, 2.05) is 50.1 Å². The van der Waals surface area contributed by atoms with Crippen molar-refractivity contribution in [1.82, 2.24) is 28.7 Å². The van der Waals surface area contributed by atoms with Crippen LogP contribution < -0.4 is 0 Å². The minimum atomic E-state index is -2.09. The molecule has 0 N–H and O–H groups in total. The van der Waals surface area contributed by atoms with E-state index in [1.54, 1.807) is 18.6 Å². The van der Waals surface area contributed by atoms with E-state index in [2.05, 4.69) is 30.4 Å². The molecule has 17 heavy (non-hydrogen) atoms. The fourth-order valence-corrected chi connectivity index (χ4v) is 5.25. The summed E-state index contributed by atoms with van der Waals surface area (Å²) in [4.78, 5) is 0. The monoisotopic (exact) mass is 312 g/mol. The van der Waals surface area contributed by atoms with Gasteiger partial charge in [0.2, 0.25) is 0 Å². The number of rotatable bonds is 3. The Hall–Kier alpha value is -1.42. The first-order valence-corrected chi connectivity index (χ1v) is 8.80. The molecule has 3 heterocycles. The summed E-state index contributed by atoms with van der Waals surface area (Å²) in [6.07, 6.45) is 11.0. The summed E-state index contributed by atoms with van der Waals surface area (Å²) >= 11 is 3.21. The van der Waals surface area contributed by atoms with E-state index in [0.717, 1.165) is 0 Å². The second kappa shape index (κ2) is 4.11. The zero-order chi connectivity index (χ0) is 11.7. The Bertz CT molecular complexity index is 536. The molecular weight excluding hydrogens is 302 g/mol. The zero-order valence-electron chi connectivity index (χ0n) is 8.73. The van der Waals surface area contributed by atoms with E-state index in [1.165, 1.54) is 0 Å². The second-order valence-corrected chi connectivity index (χ2v) is 8.63. The maximum atomic E-state index is 4.31. The molecule has 0 aliphatic heterocycles. The second-order valence-electron chi connectivity index (χ2n) is 3.29. The molecule has 0 spiro atoms. The van der Waals surface area contributed by atoms with Crippen LogP contribution in [0.25, 0.3) is 0 Å². The van der Waals surface area contributed by atoms with Crippen LogP contribution in [-0.4, -0.2) is 43.8 Å². The average Bonchev–Trinajstić information content (AvgIpc) is 3.10. The van der Waals surface area contributed by atoms with Gasteiger partial charge in [0, 0.05) is 0 Å². The topological polar surface area (TPSA) is 53.5 Å². The van der Waals surface area contributed by atoms with Crippen molar-refractivity contribution in [1.29, 1.82) is 0 Å². The summed E-state index contributed by atoms with van der Waals surface area (Å²) in [7, 11) is 0. The summed E-state index contributed by atoms with van der Waals surface area (Å²) in [5.74, 6) is -2.09. The first-order chi connectivity index (χ1) is 8.32. The zero-order valence-corrected chi connectivity index (χ0v) is 11.3. The summed E-state index contributed by atoms with van der Waals surface area (Å²) < 4.78 is 5.60. The van der Waals surface area contributed by atoms with Crippen molar-refractivity contribution in [2.45, 2.75) is 0 Å². The molecule has 0 atom stereocenters. The molecule has 86 valence electrons. The van der Waals surface area contributed by atoms with Gasteiger partial charge in [-0.1, -0.05) is 0 Å². The van der Waals surface area contributed by atoms with Crippen LogP contribution in [0.2, 0.25) is 0 Å². The van der Waals surface area contributed by atoms with Crippen LogP contribution in [0.4, 0.5) is 0 Å². The Kier molecular flexibility index (Phi) is 2.59. The quantitative estimate of drug-likeness (QED) is 0.537. The van der Waals surface area contributed by atoms with Crippen LogP contribution in [-0.2, 0) is 0 Å². The maximum absolute atomic E-state index is 4.31. The molecule has 0 bridgehead atoms. The molecule has 0 amide bonds. The molecule has 0 saturated carbocycles. The van der Waals surface area contributed by atoms with Crippen molar-refractivity contribution in [3.05, 3.63) is 55.4 Å². The number of aromatic nitrogens is 6. The molecule has 0 saturated heterocycles. The van der Waals surface area contributed by atoms with Gasteiger partial charge in [-0.05, 0) is 0 Å². The summed E-state index contributed by atoms with van der Waals surface area (Å²) in [6.45, 7) is 0. The van der Waals surface area contributed by atoms with Crippen LogP contribution in [0.15, 0.2) is 55.4 Å². The minimum absolute atomic E-state index is 1.75. The van der Waals surface area contributed by atoms with Gasteiger partial charge < -0.3 is 0 Å². The molecule has 3 rings (SSSR count). The SMILES string of the molecule is [Se]=P(n1cccn1)(n1cccn1)n1cccn1. The molecule has 0 aromatic carbocycles. The number of nitrogens with zero attached hydrogens (tertiary/aromatic N) is 6. The predicted octanol–water partition coefficient (Wildman–Crippen LogP) is 1.07. The fourth-order valence-electron chi connectivity index (χ4n) is 1.53. The van der Waals surface area contributed by atoms with Gasteiger partial charge in [0.15, 0.2) is 0 Å². The fraction of sp³-hybridized carbons (Fsp3) is 0. The molecule has 0 aliphatic rings. The molecule has 0 aliphatic carbocycles. The van der Waals surface area contributed by atoms with Gasteiger partial charge in [-0.15, -0.1) is 0 Å².